The number of carbonyl (C=O) groups excluding carboxylic acids is 1. The van der Waals surface area contributed by atoms with Crippen LogP contribution in [0.5, 0.6) is 0 Å². The number of alkyl halides is 3. The SMILES string of the molecule is NC(=O)CCc1nnc(SCc2ccccc2C(F)(F)F)n1C[C@@H]1CCCO1. The van der Waals surface area contributed by atoms with Gasteiger partial charge in [0.15, 0.2) is 5.16 Å². The van der Waals surface area contributed by atoms with Gasteiger partial charge in [-0.2, -0.15) is 13.2 Å². The van der Waals surface area contributed by atoms with Gasteiger partial charge in [0.2, 0.25) is 5.91 Å². The zero-order valence-corrected chi connectivity index (χ0v) is 15.9. The second-order valence-electron chi connectivity index (χ2n) is 6.55. The van der Waals surface area contributed by atoms with E-state index >= 15 is 0 Å². The third-order valence-corrected chi connectivity index (χ3v) is 5.49. The highest BCUT2D eigenvalue weighted by Gasteiger charge is 2.33. The lowest BCUT2D eigenvalue weighted by Crippen LogP contribution is -2.19. The van der Waals surface area contributed by atoms with Crippen molar-refractivity contribution in [3.63, 3.8) is 0 Å². The second kappa shape index (κ2) is 8.95. The van der Waals surface area contributed by atoms with Gasteiger partial charge in [0.25, 0.3) is 0 Å². The van der Waals surface area contributed by atoms with Gasteiger partial charge in [0, 0.05) is 25.2 Å². The normalized spacial score (nSPS) is 17.2. The number of hydrogen-bond acceptors (Lipinski definition) is 5. The van der Waals surface area contributed by atoms with Crippen molar-refractivity contribution in [3.05, 3.63) is 41.2 Å². The Hall–Kier alpha value is -2.07. The van der Waals surface area contributed by atoms with Gasteiger partial charge in [0.05, 0.1) is 18.2 Å². The minimum Gasteiger partial charge on any atom is -0.376 e. The van der Waals surface area contributed by atoms with E-state index < -0.39 is 17.6 Å². The molecule has 1 aromatic heterocycles. The molecule has 1 atom stereocenters. The van der Waals surface area contributed by atoms with Crippen LogP contribution in [0.15, 0.2) is 29.4 Å². The molecular weight excluding hydrogens is 393 g/mol. The van der Waals surface area contributed by atoms with Gasteiger partial charge in [-0.1, -0.05) is 30.0 Å². The van der Waals surface area contributed by atoms with Crippen molar-refractivity contribution in [2.45, 2.75) is 55.4 Å². The fourth-order valence-corrected chi connectivity index (χ4v) is 4.06. The third-order valence-electron chi connectivity index (χ3n) is 4.48. The van der Waals surface area contributed by atoms with Crippen LogP contribution in [0, 0.1) is 0 Å². The van der Waals surface area contributed by atoms with Crippen LogP contribution in [0.25, 0.3) is 0 Å². The van der Waals surface area contributed by atoms with E-state index in [9.17, 15) is 18.0 Å². The summed E-state index contributed by atoms with van der Waals surface area (Å²) in [4.78, 5) is 11.1. The number of aromatic nitrogens is 3. The molecule has 1 aliphatic heterocycles. The highest BCUT2D eigenvalue weighted by atomic mass is 32.2. The summed E-state index contributed by atoms with van der Waals surface area (Å²) < 4.78 is 47.1. The van der Waals surface area contributed by atoms with E-state index in [1.165, 1.54) is 23.9 Å². The van der Waals surface area contributed by atoms with Crippen molar-refractivity contribution in [2.75, 3.05) is 6.61 Å². The first-order valence-corrected chi connectivity index (χ1v) is 9.93. The average Bonchev–Trinajstić information content (AvgIpc) is 3.28. The van der Waals surface area contributed by atoms with Gasteiger partial charge >= 0.3 is 6.18 Å². The third kappa shape index (κ3) is 5.26. The highest BCUT2D eigenvalue weighted by molar-refractivity contribution is 7.98. The Morgan fingerprint density at radius 2 is 2.11 bits per heavy atom. The van der Waals surface area contributed by atoms with Gasteiger partial charge in [0.1, 0.15) is 5.82 Å². The average molecular weight is 414 g/mol. The minimum absolute atomic E-state index is 0.00476. The molecule has 1 aromatic carbocycles. The Morgan fingerprint density at radius 1 is 1.32 bits per heavy atom. The molecule has 10 heteroatoms. The van der Waals surface area contributed by atoms with E-state index in [2.05, 4.69) is 10.2 Å². The molecular formula is C18H21F3N4O2S. The number of hydrogen-bond donors (Lipinski definition) is 1. The maximum absolute atomic E-state index is 13.2. The maximum atomic E-state index is 13.2. The molecule has 3 rings (SSSR count). The Kier molecular flexibility index (Phi) is 6.61. The van der Waals surface area contributed by atoms with Crippen LogP contribution in [0.1, 0.15) is 36.2 Å². The number of nitrogens with two attached hydrogens (primary N) is 1. The molecule has 0 spiro atoms. The molecule has 1 fully saturated rings. The molecule has 0 saturated carbocycles. The van der Waals surface area contributed by atoms with E-state index in [0.717, 1.165) is 18.9 Å². The van der Waals surface area contributed by atoms with E-state index in [4.69, 9.17) is 10.5 Å². The topological polar surface area (TPSA) is 83.0 Å². The van der Waals surface area contributed by atoms with E-state index in [-0.39, 0.29) is 23.8 Å². The molecule has 2 heterocycles. The lowest BCUT2D eigenvalue weighted by molar-refractivity contribution is -0.138. The molecule has 1 saturated heterocycles. The number of carbonyl (C=O) groups is 1. The molecule has 28 heavy (non-hydrogen) atoms. The predicted molar refractivity (Wildman–Crippen MR) is 97.5 cm³/mol. The largest absolute Gasteiger partial charge is 0.416 e. The first-order chi connectivity index (χ1) is 13.3. The van der Waals surface area contributed by atoms with E-state index in [1.807, 2.05) is 4.57 Å². The molecule has 1 aliphatic rings. The summed E-state index contributed by atoms with van der Waals surface area (Å²) >= 11 is 1.19. The molecule has 1 amide bonds. The van der Waals surface area contributed by atoms with Gasteiger partial charge in [-0.05, 0) is 24.5 Å². The Morgan fingerprint density at radius 3 is 2.79 bits per heavy atom. The zero-order chi connectivity index (χ0) is 20.1. The molecule has 2 aromatic rings. The summed E-state index contributed by atoms with van der Waals surface area (Å²) in [5, 5.41) is 8.76. The monoisotopic (exact) mass is 414 g/mol. The Labute approximate surface area is 164 Å². The summed E-state index contributed by atoms with van der Waals surface area (Å²) in [6.45, 7) is 1.19. The number of rotatable bonds is 8. The first-order valence-electron chi connectivity index (χ1n) is 8.94. The van der Waals surface area contributed by atoms with E-state index in [0.29, 0.717) is 30.6 Å². The van der Waals surface area contributed by atoms with Crippen LogP contribution >= 0.6 is 11.8 Å². The molecule has 0 bridgehead atoms. The van der Waals surface area contributed by atoms with Crippen molar-refractivity contribution in [1.29, 1.82) is 0 Å². The number of benzene rings is 1. The second-order valence-corrected chi connectivity index (χ2v) is 7.50. The van der Waals surface area contributed by atoms with Crippen molar-refractivity contribution in [3.8, 4) is 0 Å². The molecule has 6 nitrogen and oxygen atoms in total. The number of thioether (sulfide) groups is 1. The summed E-state index contributed by atoms with van der Waals surface area (Å²) in [7, 11) is 0. The summed E-state index contributed by atoms with van der Waals surface area (Å²) in [6, 6.07) is 5.50. The smallest absolute Gasteiger partial charge is 0.376 e. The quantitative estimate of drug-likeness (QED) is 0.671. The number of aryl methyl sites for hydroxylation is 1. The van der Waals surface area contributed by atoms with Gasteiger partial charge in [-0.15, -0.1) is 10.2 Å². The predicted octanol–water partition coefficient (Wildman–Crippen LogP) is 3.19. The fourth-order valence-electron chi connectivity index (χ4n) is 3.09. The maximum Gasteiger partial charge on any atom is 0.416 e. The number of halogens is 3. The summed E-state index contributed by atoms with van der Waals surface area (Å²) in [5.74, 6) is 0.246. The Bertz CT molecular complexity index is 819. The Balaban J connectivity index is 1.78. The molecule has 152 valence electrons. The van der Waals surface area contributed by atoms with Gasteiger partial charge < -0.3 is 15.0 Å². The molecule has 0 unspecified atom stereocenters. The minimum atomic E-state index is -4.41. The van der Waals surface area contributed by atoms with Gasteiger partial charge in [-0.25, -0.2) is 0 Å². The van der Waals surface area contributed by atoms with Gasteiger partial charge in [-0.3, -0.25) is 4.79 Å². The molecule has 0 aliphatic carbocycles. The first kappa shape index (κ1) is 20.7. The van der Waals surface area contributed by atoms with E-state index in [1.54, 1.807) is 6.07 Å². The fraction of sp³-hybridized carbons (Fsp3) is 0.500. The standard InChI is InChI=1S/C18H21F3N4O2S/c19-18(20,21)14-6-2-1-4-12(14)11-28-17-24-23-16(8-7-15(22)26)25(17)10-13-5-3-9-27-13/h1-2,4,6,13H,3,5,7-11H2,(H2,22,26)/t13-/m0/s1. The van der Waals surface area contributed by atoms with Crippen molar-refractivity contribution in [1.82, 2.24) is 14.8 Å². The number of ether oxygens (including phenoxy) is 1. The van der Waals surface area contributed by atoms with Crippen LogP contribution in [0.4, 0.5) is 13.2 Å². The molecule has 2 N–H and O–H groups in total. The summed E-state index contributed by atoms with van der Waals surface area (Å²) in [5.41, 5.74) is 4.75. The van der Waals surface area contributed by atoms with Crippen molar-refractivity contribution in [2.24, 2.45) is 5.73 Å². The van der Waals surface area contributed by atoms with Crippen LogP contribution < -0.4 is 5.73 Å². The van der Waals surface area contributed by atoms with Crippen molar-refractivity contribution >= 4 is 17.7 Å². The lowest BCUT2D eigenvalue weighted by Gasteiger charge is -2.15. The van der Waals surface area contributed by atoms with Crippen LogP contribution in [-0.2, 0) is 34.4 Å². The van der Waals surface area contributed by atoms with Crippen LogP contribution in [-0.4, -0.2) is 33.4 Å². The number of primary amides is 1. The number of nitrogens with zero attached hydrogens (tertiary/aromatic N) is 3. The highest BCUT2D eigenvalue weighted by Crippen LogP contribution is 2.34. The molecule has 0 radical (unpaired) electrons. The lowest BCUT2D eigenvalue weighted by atomic mass is 10.1. The van der Waals surface area contributed by atoms with Crippen LogP contribution in [0.2, 0.25) is 0 Å². The van der Waals surface area contributed by atoms with Crippen LogP contribution in [0.3, 0.4) is 0 Å². The van der Waals surface area contributed by atoms with Crippen molar-refractivity contribution < 1.29 is 22.7 Å². The number of amides is 1. The zero-order valence-electron chi connectivity index (χ0n) is 15.1. The summed E-state index contributed by atoms with van der Waals surface area (Å²) in [6.07, 6.45) is -2.08.